The minimum absolute atomic E-state index is 0.0274. The van der Waals surface area contributed by atoms with Gasteiger partial charge >= 0.3 is 6.01 Å². The predicted octanol–water partition coefficient (Wildman–Crippen LogP) is 1.29. The van der Waals surface area contributed by atoms with Gasteiger partial charge in [-0.1, -0.05) is 0 Å². The lowest BCUT2D eigenvalue weighted by atomic mass is 10.3. The monoisotopic (exact) mass is 267 g/mol. The summed E-state index contributed by atoms with van der Waals surface area (Å²) in [5, 5.41) is 6.32. The quantitative estimate of drug-likeness (QED) is 0.803. The first-order valence-electron chi connectivity index (χ1n) is 6.68. The van der Waals surface area contributed by atoms with Gasteiger partial charge in [-0.05, 0) is 27.2 Å². The molecule has 1 fully saturated rings. The van der Waals surface area contributed by atoms with E-state index in [9.17, 15) is 0 Å². The largest absolute Gasteiger partial charge is 0.461 e. The van der Waals surface area contributed by atoms with Crippen molar-refractivity contribution in [3.8, 4) is 6.01 Å². The van der Waals surface area contributed by atoms with Gasteiger partial charge in [-0.25, -0.2) is 0 Å². The highest BCUT2D eigenvalue weighted by Crippen LogP contribution is 2.15. The number of aromatic nitrogens is 3. The molecule has 1 aliphatic heterocycles. The average molecular weight is 267 g/mol. The van der Waals surface area contributed by atoms with Crippen LogP contribution in [-0.2, 0) is 4.74 Å². The maximum absolute atomic E-state index is 5.53. The van der Waals surface area contributed by atoms with Crippen LogP contribution in [0.2, 0.25) is 0 Å². The van der Waals surface area contributed by atoms with E-state index in [1.54, 1.807) is 0 Å². The SMILES string of the molecule is CCNc1nc(NC2CCOC2)nc(OC(C)C)n1. The topological polar surface area (TPSA) is 81.2 Å². The fourth-order valence-corrected chi connectivity index (χ4v) is 1.75. The Morgan fingerprint density at radius 2 is 2.11 bits per heavy atom. The standard InChI is InChI=1S/C12H21N5O2/c1-4-13-10-15-11(14-9-5-6-18-7-9)17-12(16-10)19-8(2)3/h8-9H,4-7H2,1-3H3,(H2,13,14,15,16,17). The van der Waals surface area contributed by atoms with Crippen LogP contribution in [0, 0.1) is 0 Å². The number of nitrogens with one attached hydrogen (secondary N) is 2. The van der Waals surface area contributed by atoms with Crippen molar-refractivity contribution in [2.24, 2.45) is 0 Å². The van der Waals surface area contributed by atoms with Gasteiger partial charge in [-0.2, -0.15) is 15.0 Å². The zero-order valence-electron chi connectivity index (χ0n) is 11.6. The molecule has 7 heteroatoms. The number of rotatable bonds is 6. The third-order valence-corrected chi connectivity index (χ3v) is 2.55. The van der Waals surface area contributed by atoms with E-state index in [2.05, 4.69) is 25.6 Å². The minimum Gasteiger partial charge on any atom is -0.461 e. The van der Waals surface area contributed by atoms with Crippen molar-refractivity contribution in [1.82, 2.24) is 15.0 Å². The Labute approximate surface area is 113 Å². The van der Waals surface area contributed by atoms with Gasteiger partial charge in [0, 0.05) is 13.2 Å². The van der Waals surface area contributed by atoms with Gasteiger partial charge in [-0.15, -0.1) is 0 Å². The van der Waals surface area contributed by atoms with Crippen LogP contribution in [0.15, 0.2) is 0 Å². The summed E-state index contributed by atoms with van der Waals surface area (Å²) in [6.45, 7) is 8.08. The number of hydrogen-bond acceptors (Lipinski definition) is 7. The van der Waals surface area contributed by atoms with Gasteiger partial charge in [0.2, 0.25) is 11.9 Å². The highest BCUT2D eigenvalue weighted by Gasteiger charge is 2.17. The van der Waals surface area contributed by atoms with Crippen molar-refractivity contribution < 1.29 is 9.47 Å². The van der Waals surface area contributed by atoms with E-state index in [1.165, 1.54) is 0 Å². The summed E-state index contributed by atoms with van der Waals surface area (Å²) in [5.41, 5.74) is 0. The van der Waals surface area contributed by atoms with E-state index in [4.69, 9.17) is 9.47 Å². The summed E-state index contributed by atoms with van der Waals surface area (Å²) in [7, 11) is 0. The first-order valence-corrected chi connectivity index (χ1v) is 6.68. The Kier molecular flexibility index (Phi) is 4.73. The smallest absolute Gasteiger partial charge is 0.323 e. The summed E-state index contributed by atoms with van der Waals surface area (Å²) < 4.78 is 10.9. The summed E-state index contributed by atoms with van der Waals surface area (Å²) >= 11 is 0. The maximum Gasteiger partial charge on any atom is 0.323 e. The molecule has 0 amide bonds. The highest BCUT2D eigenvalue weighted by molar-refractivity contribution is 5.36. The number of nitrogens with zero attached hydrogens (tertiary/aromatic N) is 3. The highest BCUT2D eigenvalue weighted by atomic mass is 16.5. The maximum atomic E-state index is 5.53. The van der Waals surface area contributed by atoms with Gasteiger partial charge in [-0.3, -0.25) is 0 Å². The van der Waals surface area contributed by atoms with Crippen molar-refractivity contribution in [1.29, 1.82) is 0 Å². The lowest BCUT2D eigenvalue weighted by Gasteiger charge is -2.14. The van der Waals surface area contributed by atoms with Gasteiger partial charge in [0.05, 0.1) is 18.8 Å². The molecular formula is C12H21N5O2. The molecule has 0 saturated carbocycles. The minimum atomic E-state index is 0.0274. The lowest BCUT2D eigenvalue weighted by molar-refractivity contribution is 0.195. The van der Waals surface area contributed by atoms with Crippen LogP contribution in [0.4, 0.5) is 11.9 Å². The van der Waals surface area contributed by atoms with Crippen LogP contribution >= 0.6 is 0 Å². The molecule has 0 aliphatic carbocycles. The molecule has 1 saturated heterocycles. The molecule has 0 radical (unpaired) electrons. The van der Waals surface area contributed by atoms with Gasteiger partial charge in [0.1, 0.15) is 0 Å². The molecular weight excluding hydrogens is 246 g/mol. The summed E-state index contributed by atoms with van der Waals surface area (Å²) in [6, 6.07) is 0.589. The van der Waals surface area contributed by atoms with Crippen LogP contribution in [-0.4, -0.2) is 46.9 Å². The number of ether oxygens (including phenoxy) is 2. The van der Waals surface area contributed by atoms with Crippen LogP contribution in [0.5, 0.6) is 6.01 Å². The molecule has 1 atom stereocenters. The van der Waals surface area contributed by atoms with E-state index in [0.717, 1.165) is 19.6 Å². The summed E-state index contributed by atoms with van der Waals surface area (Å²) in [4.78, 5) is 12.8. The summed E-state index contributed by atoms with van der Waals surface area (Å²) in [5.74, 6) is 1.05. The molecule has 2 rings (SSSR count). The van der Waals surface area contributed by atoms with Crippen molar-refractivity contribution in [2.45, 2.75) is 39.3 Å². The lowest BCUT2D eigenvalue weighted by Crippen LogP contribution is -2.22. The third-order valence-electron chi connectivity index (χ3n) is 2.55. The average Bonchev–Trinajstić information content (AvgIpc) is 2.81. The Hall–Kier alpha value is -1.63. The van der Waals surface area contributed by atoms with E-state index < -0.39 is 0 Å². The molecule has 2 N–H and O–H groups in total. The molecule has 1 aromatic rings. The fraction of sp³-hybridized carbons (Fsp3) is 0.750. The fourth-order valence-electron chi connectivity index (χ4n) is 1.75. The van der Waals surface area contributed by atoms with Crippen molar-refractivity contribution in [3.63, 3.8) is 0 Å². The first-order chi connectivity index (χ1) is 9.17. The second-order valence-electron chi connectivity index (χ2n) is 4.67. The molecule has 0 spiro atoms. The zero-order valence-corrected chi connectivity index (χ0v) is 11.6. The normalized spacial score (nSPS) is 18.6. The molecule has 1 unspecified atom stereocenters. The molecule has 7 nitrogen and oxygen atoms in total. The molecule has 1 aromatic heterocycles. The van der Waals surface area contributed by atoms with E-state index >= 15 is 0 Å². The third kappa shape index (κ3) is 4.20. The van der Waals surface area contributed by atoms with Gasteiger partial charge in [0.15, 0.2) is 0 Å². The van der Waals surface area contributed by atoms with Crippen LogP contribution in [0.25, 0.3) is 0 Å². The Bertz CT molecular complexity index is 407. The van der Waals surface area contributed by atoms with Gasteiger partial charge < -0.3 is 20.1 Å². The zero-order chi connectivity index (χ0) is 13.7. The van der Waals surface area contributed by atoms with E-state index in [1.807, 2.05) is 20.8 Å². The Morgan fingerprint density at radius 1 is 1.32 bits per heavy atom. The van der Waals surface area contributed by atoms with Gasteiger partial charge in [0.25, 0.3) is 0 Å². The van der Waals surface area contributed by atoms with E-state index in [-0.39, 0.29) is 12.1 Å². The van der Waals surface area contributed by atoms with E-state index in [0.29, 0.717) is 24.5 Å². The predicted molar refractivity (Wildman–Crippen MR) is 72.6 cm³/mol. The molecule has 106 valence electrons. The first kappa shape index (κ1) is 13.8. The van der Waals surface area contributed by atoms with Crippen molar-refractivity contribution in [2.75, 3.05) is 30.4 Å². The molecule has 0 aromatic carbocycles. The Balaban J connectivity index is 2.12. The second-order valence-corrected chi connectivity index (χ2v) is 4.67. The number of anilines is 2. The van der Waals surface area contributed by atoms with Crippen molar-refractivity contribution >= 4 is 11.9 Å². The Morgan fingerprint density at radius 3 is 2.74 bits per heavy atom. The van der Waals surface area contributed by atoms with Crippen LogP contribution in [0.3, 0.4) is 0 Å². The van der Waals surface area contributed by atoms with Crippen LogP contribution < -0.4 is 15.4 Å². The molecule has 1 aliphatic rings. The second kappa shape index (κ2) is 6.51. The van der Waals surface area contributed by atoms with Crippen molar-refractivity contribution in [3.05, 3.63) is 0 Å². The molecule has 19 heavy (non-hydrogen) atoms. The van der Waals surface area contributed by atoms with Crippen LogP contribution in [0.1, 0.15) is 27.2 Å². The number of hydrogen-bond donors (Lipinski definition) is 2. The molecule has 0 bridgehead atoms. The summed E-state index contributed by atoms with van der Waals surface area (Å²) in [6.07, 6.45) is 0.988. The molecule has 2 heterocycles.